The summed E-state index contributed by atoms with van der Waals surface area (Å²) in [5, 5.41) is 6.50. The lowest BCUT2D eigenvalue weighted by atomic mass is 10.1. The Balaban J connectivity index is 1.76. The Morgan fingerprint density at radius 3 is 2.74 bits per heavy atom. The number of guanidine groups is 1. The van der Waals surface area contributed by atoms with Crippen molar-refractivity contribution in [1.29, 1.82) is 0 Å². The smallest absolute Gasteiger partial charge is 0.231 e. The van der Waals surface area contributed by atoms with Crippen LogP contribution in [0.1, 0.15) is 25.8 Å². The Kier molecular flexibility index (Phi) is 8.18. The number of nitrogens with one attached hydrogen (secondary N) is 2. The summed E-state index contributed by atoms with van der Waals surface area (Å²) < 4.78 is 35.6. The molecule has 8 nitrogen and oxygen atoms in total. The van der Waals surface area contributed by atoms with Crippen molar-refractivity contribution < 1.29 is 17.9 Å². The summed E-state index contributed by atoms with van der Waals surface area (Å²) >= 11 is 0. The Morgan fingerprint density at radius 2 is 2.00 bits per heavy atom. The fourth-order valence-electron chi connectivity index (χ4n) is 2.61. The van der Waals surface area contributed by atoms with Gasteiger partial charge in [0.15, 0.2) is 17.5 Å². The number of hydrogen-bond donors (Lipinski definition) is 2. The molecule has 0 aromatic heterocycles. The van der Waals surface area contributed by atoms with Crippen molar-refractivity contribution in [3.63, 3.8) is 0 Å². The van der Waals surface area contributed by atoms with Crippen LogP contribution in [0.15, 0.2) is 23.2 Å². The number of rotatable bonds is 10. The molecule has 0 saturated heterocycles. The Labute approximate surface area is 162 Å². The van der Waals surface area contributed by atoms with E-state index in [4.69, 9.17) is 9.47 Å². The van der Waals surface area contributed by atoms with Gasteiger partial charge < -0.3 is 20.1 Å². The molecule has 1 heterocycles. The van der Waals surface area contributed by atoms with Crippen LogP contribution in [0, 0.1) is 0 Å². The van der Waals surface area contributed by atoms with E-state index in [-0.39, 0.29) is 12.5 Å². The molecule has 0 bridgehead atoms. The second-order valence-corrected chi connectivity index (χ2v) is 8.57. The third-order valence-electron chi connectivity index (χ3n) is 4.23. The van der Waals surface area contributed by atoms with Crippen molar-refractivity contribution in [2.45, 2.75) is 26.7 Å². The number of benzene rings is 1. The Hall–Kier alpha value is -2.00. The molecule has 0 fully saturated rings. The fraction of sp³-hybridized carbons (Fsp3) is 0.611. The third kappa shape index (κ3) is 6.59. The van der Waals surface area contributed by atoms with E-state index in [1.165, 1.54) is 4.31 Å². The van der Waals surface area contributed by atoms with Gasteiger partial charge in [-0.15, -0.1) is 0 Å². The van der Waals surface area contributed by atoms with Gasteiger partial charge in [-0.1, -0.05) is 6.07 Å². The number of ether oxygens (including phenoxy) is 2. The first kappa shape index (κ1) is 21.3. The topological polar surface area (TPSA) is 92.3 Å². The first-order valence-electron chi connectivity index (χ1n) is 9.31. The van der Waals surface area contributed by atoms with Crippen LogP contribution >= 0.6 is 0 Å². The molecule has 9 heteroatoms. The van der Waals surface area contributed by atoms with Crippen LogP contribution in [0.2, 0.25) is 0 Å². The molecular weight excluding hydrogens is 368 g/mol. The van der Waals surface area contributed by atoms with E-state index in [0.717, 1.165) is 42.5 Å². The van der Waals surface area contributed by atoms with Crippen LogP contribution < -0.4 is 20.1 Å². The SMILES string of the molecule is CCNC(=NCCCN(C)S(=O)(=O)CC)NCCc1ccc2c(c1)OCO2. The summed E-state index contributed by atoms with van der Waals surface area (Å²) in [6.07, 6.45) is 1.51. The van der Waals surface area contributed by atoms with E-state index in [1.807, 2.05) is 25.1 Å². The van der Waals surface area contributed by atoms with E-state index in [2.05, 4.69) is 15.6 Å². The first-order valence-corrected chi connectivity index (χ1v) is 10.9. The second kappa shape index (κ2) is 10.4. The number of nitrogens with zero attached hydrogens (tertiary/aromatic N) is 2. The van der Waals surface area contributed by atoms with Gasteiger partial charge in [-0.05, 0) is 44.4 Å². The first-order chi connectivity index (χ1) is 13.0. The number of fused-ring (bicyclic) bond motifs is 1. The highest BCUT2D eigenvalue weighted by molar-refractivity contribution is 7.89. The zero-order valence-electron chi connectivity index (χ0n) is 16.3. The zero-order valence-corrected chi connectivity index (χ0v) is 17.1. The minimum Gasteiger partial charge on any atom is -0.454 e. The van der Waals surface area contributed by atoms with E-state index in [9.17, 15) is 8.42 Å². The molecule has 0 unspecified atom stereocenters. The van der Waals surface area contributed by atoms with Gasteiger partial charge in [-0.25, -0.2) is 12.7 Å². The van der Waals surface area contributed by atoms with Crippen LogP contribution in [0.5, 0.6) is 11.5 Å². The summed E-state index contributed by atoms with van der Waals surface area (Å²) in [5.41, 5.74) is 1.16. The molecule has 2 N–H and O–H groups in total. The van der Waals surface area contributed by atoms with Crippen LogP contribution in [-0.4, -0.2) is 64.5 Å². The molecule has 0 saturated carbocycles. The molecule has 1 aromatic rings. The van der Waals surface area contributed by atoms with Crippen LogP contribution in [0.3, 0.4) is 0 Å². The average molecular weight is 399 g/mol. The van der Waals surface area contributed by atoms with Crippen LogP contribution in [0.4, 0.5) is 0 Å². The maximum atomic E-state index is 11.7. The number of aliphatic imine (C=N–C) groups is 1. The molecule has 0 radical (unpaired) electrons. The Bertz CT molecular complexity index is 737. The maximum absolute atomic E-state index is 11.7. The normalized spacial score (nSPS) is 13.9. The summed E-state index contributed by atoms with van der Waals surface area (Å²) in [6.45, 7) is 6.46. The van der Waals surface area contributed by atoms with E-state index in [0.29, 0.717) is 19.5 Å². The second-order valence-electron chi connectivity index (χ2n) is 6.20. The van der Waals surface area contributed by atoms with Crippen molar-refractivity contribution in [2.24, 2.45) is 4.99 Å². The molecule has 0 aliphatic carbocycles. The minimum atomic E-state index is -3.12. The fourth-order valence-corrected chi connectivity index (χ4v) is 3.46. The van der Waals surface area contributed by atoms with Crippen molar-refractivity contribution in [1.82, 2.24) is 14.9 Å². The quantitative estimate of drug-likeness (QED) is 0.349. The van der Waals surface area contributed by atoms with E-state index in [1.54, 1.807) is 14.0 Å². The molecule has 1 aliphatic heterocycles. The van der Waals surface area contributed by atoms with Crippen molar-refractivity contribution in [2.75, 3.05) is 45.8 Å². The number of hydrogen-bond acceptors (Lipinski definition) is 5. The summed E-state index contributed by atoms with van der Waals surface area (Å²) in [4.78, 5) is 4.51. The van der Waals surface area contributed by atoms with Gasteiger partial charge in [-0.2, -0.15) is 0 Å². The van der Waals surface area contributed by atoms with Gasteiger partial charge in [0.25, 0.3) is 0 Å². The van der Waals surface area contributed by atoms with Gasteiger partial charge in [0.1, 0.15) is 0 Å². The lowest BCUT2D eigenvalue weighted by Gasteiger charge is -2.15. The van der Waals surface area contributed by atoms with Crippen molar-refractivity contribution in [3.05, 3.63) is 23.8 Å². The van der Waals surface area contributed by atoms with E-state index >= 15 is 0 Å². The average Bonchev–Trinajstić information content (AvgIpc) is 3.12. The Morgan fingerprint density at radius 1 is 1.22 bits per heavy atom. The predicted molar refractivity (Wildman–Crippen MR) is 107 cm³/mol. The largest absolute Gasteiger partial charge is 0.454 e. The monoisotopic (exact) mass is 398 g/mol. The van der Waals surface area contributed by atoms with Gasteiger partial charge in [0.2, 0.25) is 16.8 Å². The predicted octanol–water partition coefficient (Wildman–Crippen LogP) is 1.18. The molecule has 27 heavy (non-hydrogen) atoms. The molecule has 2 rings (SSSR count). The summed E-state index contributed by atoms with van der Waals surface area (Å²) in [6, 6.07) is 5.96. The standard InChI is InChI=1S/C18H30N4O4S/c1-4-19-18(20-10-6-12-22(3)27(23,24)5-2)21-11-9-15-7-8-16-17(13-15)26-14-25-16/h7-8,13H,4-6,9-12,14H2,1-3H3,(H2,19,20,21). The maximum Gasteiger partial charge on any atom is 0.231 e. The van der Waals surface area contributed by atoms with Gasteiger partial charge in [-0.3, -0.25) is 4.99 Å². The third-order valence-corrected chi connectivity index (χ3v) is 6.09. The van der Waals surface area contributed by atoms with Crippen LogP contribution in [-0.2, 0) is 16.4 Å². The molecule has 1 aromatic carbocycles. The summed E-state index contributed by atoms with van der Waals surface area (Å²) in [7, 11) is -1.52. The van der Waals surface area contributed by atoms with Crippen LogP contribution in [0.25, 0.3) is 0 Å². The lowest BCUT2D eigenvalue weighted by molar-refractivity contribution is 0.174. The highest BCUT2D eigenvalue weighted by atomic mass is 32.2. The number of sulfonamides is 1. The zero-order chi connectivity index (χ0) is 19.7. The highest BCUT2D eigenvalue weighted by Gasteiger charge is 2.14. The highest BCUT2D eigenvalue weighted by Crippen LogP contribution is 2.32. The van der Waals surface area contributed by atoms with Gasteiger partial charge in [0, 0.05) is 33.2 Å². The lowest BCUT2D eigenvalue weighted by Crippen LogP contribution is -2.38. The molecule has 0 atom stereocenters. The minimum absolute atomic E-state index is 0.122. The van der Waals surface area contributed by atoms with Gasteiger partial charge >= 0.3 is 0 Å². The molecule has 1 aliphatic rings. The molecule has 0 spiro atoms. The van der Waals surface area contributed by atoms with E-state index < -0.39 is 10.0 Å². The molecule has 152 valence electrons. The summed E-state index contributed by atoms with van der Waals surface area (Å²) in [5.74, 6) is 2.44. The van der Waals surface area contributed by atoms with Gasteiger partial charge in [0.05, 0.1) is 5.75 Å². The molecular formula is C18H30N4O4S. The molecule has 0 amide bonds. The van der Waals surface area contributed by atoms with Crippen molar-refractivity contribution in [3.8, 4) is 11.5 Å². The van der Waals surface area contributed by atoms with Crippen molar-refractivity contribution >= 4 is 16.0 Å².